The van der Waals surface area contributed by atoms with Crippen molar-refractivity contribution in [3.63, 3.8) is 0 Å². The Balaban J connectivity index is 0.000000283. The van der Waals surface area contributed by atoms with Crippen molar-refractivity contribution in [3.8, 4) is 0 Å². The Kier molecular flexibility index (Phi) is 8.43. The second kappa shape index (κ2) is 12.3. The zero-order chi connectivity index (χ0) is 32.6. The van der Waals surface area contributed by atoms with Gasteiger partial charge in [-0.1, -0.05) is 48.6 Å². The van der Waals surface area contributed by atoms with Crippen LogP contribution < -0.4 is 14.2 Å². The third-order valence-electron chi connectivity index (χ3n) is 7.58. The molecule has 13 nitrogen and oxygen atoms in total. The van der Waals surface area contributed by atoms with E-state index in [9.17, 15) is 21.6 Å². The highest BCUT2D eigenvalue weighted by Crippen LogP contribution is 2.28. The molecule has 1 fully saturated rings. The van der Waals surface area contributed by atoms with Crippen molar-refractivity contribution >= 4 is 71.5 Å². The standard InChI is InChI=1S/C22H24N6O5S2.C8H6N2S/c1-34(30,31)28(35(2,32)33)17-10-11-19-18(14-17)20(29)26(15-16-8-4-3-5-9-16)22-24-23-21(27(19)22)25-12-6-7-13-25;11-8-3-1-2-7-6(8)4-9-5-10-7/h3-5,8-11,14H,6-7,12-13,15H2,1-2H3;1-2,4-5H,3H2. The van der Waals surface area contributed by atoms with Crippen LogP contribution in [0.2, 0.25) is 0 Å². The number of allylic oxidation sites excluding steroid dienone is 1. The van der Waals surface area contributed by atoms with E-state index >= 15 is 0 Å². The Morgan fingerprint density at radius 3 is 2.35 bits per heavy atom. The van der Waals surface area contributed by atoms with E-state index < -0.39 is 25.6 Å². The van der Waals surface area contributed by atoms with Gasteiger partial charge >= 0.3 is 0 Å². The normalized spacial score (nSPS) is 14.7. The fraction of sp³-hybridized carbons (Fsp3) is 0.267. The van der Waals surface area contributed by atoms with Crippen LogP contribution in [0.3, 0.4) is 0 Å². The number of hydrogen-bond donors (Lipinski definition) is 0. The van der Waals surface area contributed by atoms with E-state index in [0.29, 0.717) is 21.0 Å². The van der Waals surface area contributed by atoms with Crippen molar-refractivity contribution in [2.45, 2.75) is 25.8 Å². The lowest BCUT2D eigenvalue weighted by Crippen LogP contribution is -2.35. The zero-order valence-corrected chi connectivity index (χ0v) is 27.5. The highest BCUT2D eigenvalue weighted by atomic mass is 32.3. The summed E-state index contributed by atoms with van der Waals surface area (Å²) in [6.07, 6.45) is 11.8. The summed E-state index contributed by atoms with van der Waals surface area (Å²) in [5.41, 5.74) is 2.71. The molecule has 16 heteroatoms. The van der Waals surface area contributed by atoms with Crippen LogP contribution in [0.1, 0.15) is 36.1 Å². The largest absolute Gasteiger partial charge is 0.341 e. The van der Waals surface area contributed by atoms with Gasteiger partial charge in [0.05, 0.1) is 41.3 Å². The van der Waals surface area contributed by atoms with Crippen molar-refractivity contribution in [2.24, 2.45) is 0 Å². The summed E-state index contributed by atoms with van der Waals surface area (Å²) in [4.78, 5) is 24.7. The van der Waals surface area contributed by atoms with Crippen LogP contribution in [0.25, 0.3) is 22.8 Å². The highest BCUT2D eigenvalue weighted by molar-refractivity contribution is 8.09. The number of thiocarbonyl (C=S) groups is 1. The maximum Gasteiger partial charge on any atom is 0.263 e. The monoisotopic (exact) mass is 678 g/mol. The average Bonchev–Trinajstić information content (AvgIpc) is 3.70. The summed E-state index contributed by atoms with van der Waals surface area (Å²) < 4.78 is 52.9. The summed E-state index contributed by atoms with van der Waals surface area (Å²) in [6, 6.07) is 13.6. The van der Waals surface area contributed by atoms with Crippen molar-refractivity contribution in [1.82, 2.24) is 29.1 Å². The Morgan fingerprint density at radius 1 is 0.957 bits per heavy atom. The minimum absolute atomic E-state index is 0.138. The first-order chi connectivity index (χ1) is 21.9. The van der Waals surface area contributed by atoms with Crippen LogP contribution in [0.5, 0.6) is 0 Å². The fourth-order valence-corrected chi connectivity index (χ4v) is 8.85. The molecule has 1 saturated heterocycles. The number of anilines is 2. The van der Waals surface area contributed by atoms with Crippen LogP contribution in [0, 0.1) is 0 Å². The molecule has 0 atom stereocenters. The van der Waals surface area contributed by atoms with Crippen LogP contribution in [0.4, 0.5) is 11.6 Å². The molecule has 0 spiro atoms. The molecule has 0 bridgehead atoms. The molecule has 0 unspecified atom stereocenters. The Hall–Kier alpha value is -4.54. The van der Waals surface area contributed by atoms with Gasteiger partial charge in [-0.2, -0.15) is 3.71 Å². The first-order valence-corrected chi connectivity index (χ1v) is 18.4. The van der Waals surface area contributed by atoms with Gasteiger partial charge < -0.3 is 4.90 Å². The van der Waals surface area contributed by atoms with Gasteiger partial charge in [-0.05, 0) is 42.7 Å². The highest BCUT2D eigenvalue weighted by Gasteiger charge is 2.29. The predicted molar refractivity (Wildman–Crippen MR) is 181 cm³/mol. The lowest BCUT2D eigenvalue weighted by atomic mass is 10.0. The molecule has 0 N–H and O–H groups in total. The molecule has 3 aromatic heterocycles. The van der Waals surface area contributed by atoms with E-state index in [-0.39, 0.29) is 17.6 Å². The van der Waals surface area contributed by atoms with Gasteiger partial charge in [-0.25, -0.2) is 31.2 Å². The molecule has 1 aliphatic carbocycles. The van der Waals surface area contributed by atoms with E-state index in [0.717, 1.165) is 66.5 Å². The van der Waals surface area contributed by atoms with Gasteiger partial charge in [-0.3, -0.25) is 9.36 Å². The molecule has 0 radical (unpaired) electrons. The third kappa shape index (κ3) is 6.15. The van der Waals surface area contributed by atoms with E-state index in [1.54, 1.807) is 10.6 Å². The van der Waals surface area contributed by atoms with Crippen LogP contribution in [-0.2, 0) is 26.6 Å². The third-order valence-corrected chi connectivity index (χ3v) is 11.2. The summed E-state index contributed by atoms with van der Waals surface area (Å²) in [7, 11) is -8.34. The number of benzene rings is 2. The molecule has 46 heavy (non-hydrogen) atoms. The Labute approximate surface area is 271 Å². The minimum atomic E-state index is -4.17. The smallest absolute Gasteiger partial charge is 0.263 e. The van der Waals surface area contributed by atoms with Crippen LogP contribution >= 0.6 is 12.2 Å². The number of fused-ring (bicyclic) bond motifs is 4. The minimum Gasteiger partial charge on any atom is -0.341 e. The average molecular weight is 679 g/mol. The SMILES string of the molecule is CS(=O)(=O)N(c1ccc2c(c1)c(=O)n(Cc1ccccc1)c1nnc(N3CCCC3)n21)S(C)(=O)=O.S=C1CC=Cc2ncncc21. The van der Waals surface area contributed by atoms with Crippen molar-refractivity contribution in [1.29, 1.82) is 0 Å². The second-order valence-corrected chi connectivity index (χ2v) is 15.4. The first-order valence-electron chi connectivity index (χ1n) is 14.3. The van der Waals surface area contributed by atoms with Gasteiger partial charge in [0.15, 0.2) is 0 Å². The fourth-order valence-electron chi connectivity index (χ4n) is 5.63. The zero-order valence-electron chi connectivity index (χ0n) is 25.0. The van der Waals surface area contributed by atoms with Crippen LogP contribution in [0.15, 0.2) is 71.9 Å². The summed E-state index contributed by atoms with van der Waals surface area (Å²) in [5, 5.41) is 8.88. The molecule has 4 heterocycles. The van der Waals surface area contributed by atoms with Gasteiger partial charge in [0.25, 0.3) is 5.56 Å². The molecular formula is C30H30N8O5S3. The van der Waals surface area contributed by atoms with Crippen molar-refractivity contribution in [3.05, 3.63) is 94.3 Å². The van der Waals surface area contributed by atoms with Crippen LogP contribution in [-0.4, -0.2) is 76.4 Å². The van der Waals surface area contributed by atoms with Crippen molar-refractivity contribution in [2.75, 3.05) is 34.2 Å². The number of sulfonamides is 2. The van der Waals surface area contributed by atoms with Gasteiger partial charge in [0.2, 0.25) is 31.8 Å². The molecule has 2 aromatic carbocycles. The van der Waals surface area contributed by atoms with E-state index in [4.69, 9.17) is 12.2 Å². The lowest BCUT2D eigenvalue weighted by molar-refractivity contribution is 0.590. The molecule has 1 aliphatic heterocycles. The van der Waals surface area contributed by atoms with Crippen molar-refractivity contribution < 1.29 is 16.8 Å². The van der Waals surface area contributed by atoms with Gasteiger partial charge in [-0.15, -0.1) is 10.2 Å². The maximum atomic E-state index is 13.7. The molecule has 0 saturated carbocycles. The summed E-state index contributed by atoms with van der Waals surface area (Å²) >= 11 is 5.13. The van der Waals surface area contributed by atoms with E-state index in [1.807, 2.05) is 42.5 Å². The number of aromatic nitrogens is 6. The second-order valence-electron chi connectivity index (χ2n) is 11.0. The molecule has 2 aliphatic rings. The number of rotatable bonds is 6. The molecular weight excluding hydrogens is 649 g/mol. The van der Waals surface area contributed by atoms with E-state index in [1.165, 1.54) is 29.1 Å². The molecule has 238 valence electrons. The summed E-state index contributed by atoms with van der Waals surface area (Å²) in [6.45, 7) is 1.81. The summed E-state index contributed by atoms with van der Waals surface area (Å²) in [5.74, 6) is 0.934. The molecule has 5 aromatic rings. The predicted octanol–water partition coefficient (Wildman–Crippen LogP) is 3.03. The lowest BCUT2D eigenvalue weighted by Gasteiger charge is -2.21. The number of hydrogen-bond acceptors (Lipinski definition) is 11. The first kappa shape index (κ1) is 31.4. The van der Waals surface area contributed by atoms with Gasteiger partial charge in [0, 0.05) is 36.1 Å². The molecule has 0 amide bonds. The van der Waals surface area contributed by atoms with E-state index in [2.05, 4.69) is 25.1 Å². The number of nitrogens with zero attached hydrogens (tertiary/aromatic N) is 8. The van der Waals surface area contributed by atoms with Gasteiger partial charge in [0.1, 0.15) is 6.33 Å². The topological polar surface area (TPSA) is 153 Å². The quantitative estimate of drug-likeness (QED) is 0.244. The maximum absolute atomic E-state index is 13.7. The Morgan fingerprint density at radius 2 is 1.67 bits per heavy atom. The molecule has 7 rings (SSSR count). The Bertz CT molecular complexity index is 2250.